The van der Waals surface area contributed by atoms with E-state index in [-0.39, 0.29) is 6.04 Å². The Balaban J connectivity index is 2.33. The van der Waals surface area contributed by atoms with Gasteiger partial charge >= 0.3 is 0 Å². The van der Waals surface area contributed by atoms with Crippen molar-refractivity contribution in [2.24, 2.45) is 0 Å². The molecule has 0 fully saturated rings. The quantitative estimate of drug-likeness (QED) is 0.869. The molecule has 0 saturated heterocycles. The Morgan fingerprint density at radius 1 is 1.00 bits per heavy atom. The van der Waals surface area contributed by atoms with Crippen molar-refractivity contribution in [1.82, 2.24) is 5.32 Å². The van der Waals surface area contributed by atoms with Crippen LogP contribution in [0.25, 0.3) is 0 Å². The first kappa shape index (κ1) is 15.7. The third-order valence-electron chi connectivity index (χ3n) is 3.40. The maximum Gasteiger partial charge on any atom is 0.124 e. The zero-order valence-corrected chi connectivity index (χ0v) is 13.7. The fraction of sp³-hybridized carbons (Fsp3) is 0.294. The molecule has 2 aromatic rings. The molecule has 0 radical (unpaired) electrons. The van der Waals surface area contributed by atoms with Crippen molar-refractivity contribution in [2.75, 3.05) is 21.3 Å². The zero-order valence-electron chi connectivity index (χ0n) is 12.8. The molecule has 1 unspecified atom stereocenters. The smallest absolute Gasteiger partial charge is 0.124 e. The number of benzene rings is 2. The zero-order chi connectivity index (χ0) is 15.2. The normalized spacial score (nSPS) is 12.0. The summed E-state index contributed by atoms with van der Waals surface area (Å²) in [4.78, 5) is 2.37. The summed E-state index contributed by atoms with van der Waals surface area (Å²) >= 11 is 1.73. The molecule has 21 heavy (non-hydrogen) atoms. The number of hydrogen-bond acceptors (Lipinski definition) is 4. The number of methoxy groups -OCH3 is 2. The van der Waals surface area contributed by atoms with Crippen LogP contribution in [0.15, 0.2) is 52.3 Å². The first-order chi connectivity index (χ1) is 10.2. The van der Waals surface area contributed by atoms with Crippen LogP contribution < -0.4 is 14.8 Å². The molecule has 112 valence electrons. The average molecular weight is 303 g/mol. The maximum absolute atomic E-state index is 5.51. The van der Waals surface area contributed by atoms with Gasteiger partial charge in [0.05, 0.1) is 14.2 Å². The van der Waals surface area contributed by atoms with E-state index < -0.39 is 0 Å². The van der Waals surface area contributed by atoms with Crippen LogP contribution >= 0.6 is 11.8 Å². The summed E-state index contributed by atoms with van der Waals surface area (Å²) < 4.78 is 10.7. The van der Waals surface area contributed by atoms with Crippen molar-refractivity contribution in [3.05, 3.63) is 48.0 Å². The van der Waals surface area contributed by atoms with E-state index in [1.807, 2.05) is 31.3 Å². The topological polar surface area (TPSA) is 30.5 Å². The highest BCUT2D eigenvalue weighted by Gasteiger charge is 2.15. The highest BCUT2D eigenvalue weighted by atomic mass is 32.2. The van der Waals surface area contributed by atoms with Gasteiger partial charge in [0.1, 0.15) is 11.5 Å². The lowest BCUT2D eigenvalue weighted by Crippen LogP contribution is -2.14. The number of ether oxygens (including phenoxy) is 2. The average Bonchev–Trinajstić information content (AvgIpc) is 2.54. The maximum atomic E-state index is 5.51. The highest BCUT2D eigenvalue weighted by Crippen LogP contribution is 2.38. The Morgan fingerprint density at radius 2 is 1.71 bits per heavy atom. The lowest BCUT2D eigenvalue weighted by molar-refractivity contribution is 0.401. The van der Waals surface area contributed by atoms with E-state index in [1.165, 1.54) is 15.4 Å². The van der Waals surface area contributed by atoms with E-state index in [0.29, 0.717) is 0 Å². The summed E-state index contributed by atoms with van der Waals surface area (Å²) in [5.41, 5.74) is 1.18. The molecule has 1 N–H and O–H groups in total. The fourth-order valence-corrected chi connectivity index (χ4v) is 3.19. The molecule has 4 heteroatoms. The minimum atomic E-state index is 0.224. The van der Waals surface area contributed by atoms with Crippen LogP contribution in [0.1, 0.15) is 18.5 Å². The molecular weight excluding hydrogens is 282 g/mol. The standard InChI is InChI=1S/C17H21NO2S/c1-12(18-2)17-15(20-4)6-5-7-16(17)21-14-10-8-13(19-3)9-11-14/h5-12,18H,1-4H3. The van der Waals surface area contributed by atoms with Crippen LogP contribution in [0.4, 0.5) is 0 Å². The molecule has 0 aliphatic rings. The van der Waals surface area contributed by atoms with Gasteiger partial charge in [-0.3, -0.25) is 0 Å². The van der Waals surface area contributed by atoms with Gasteiger partial charge < -0.3 is 14.8 Å². The van der Waals surface area contributed by atoms with Gasteiger partial charge in [-0.2, -0.15) is 0 Å². The molecule has 2 aromatic carbocycles. The van der Waals surface area contributed by atoms with Crippen molar-refractivity contribution in [1.29, 1.82) is 0 Å². The third-order valence-corrected chi connectivity index (χ3v) is 4.48. The van der Waals surface area contributed by atoms with E-state index >= 15 is 0 Å². The summed E-state index contributed by atoms with van der Waals surface area (Å²) in [5.74, 6) is 1.78. The first-order valence-electron chi connectivity index (χ1n) is 6.85. The molecule has 2 rings (SSSR count). The predicted octanol–water partition coefficient (Wildman–Crippen LogP) is 4.14. The summed E-state index contributed by atoms with van der Waals surface area (Å²) in [7, 11) is 5.35. The predicted molar refractivity (Wildman–Crippen MR) is 87.6 cm³/mol. The molecule has 0 aromatic heterocycles. The first-order valence-corrected chi connectivity index (χ1v) is 7.67. The van der Waals surface area contributed by atoms with Gasteiger partial charge in [-0.05, 0) is 50.4 Å². The Morgan fingerprint density at radius 3 is 2.29 bits per heavy atom. The molecule has 0 aliphatic heterocycles. The summed E-state index contributed by atoms with van der Waals surface area (Å²) in [6.45, 7) is 2.13. The van der Waals surface area contributed by atoms with Crippen LogP contribution in [0.3, 0.4) is 0 Å². The van der Waals surface area contributed by atoms with Crippen molar-refractivity contribution < 1.29 is 9.47 Å². The molecule has 1 atom stereocenters. The second-order valence-corrected chi connectivity index (χ2v) is 5.78. The molecule has 0 aliphatic carbocycles. The van der Waals surface area contributed by atoms with Crippen LogP contribution in [0.2, 0.25) is 0 Å². The van der Waals surface area contributed by atoms with Gasteiger partial charge in [0.2, 0.25) is 0 Å². The van der Waals surface area contributed by atoms with E-state index in [9.17, 15) is 0 Å². The largest absolute Gasteiger partial charge is 0.497 e. The van der Waals surface area contributed by atoms with Crippen LogP contribution in [-0.4, -0.2) is 21.3 Å². The highest BCUT2D eigenvalue weighted by molar-refractivity contribution is 7.99. The molecular formula is C17H21NO2S. The second-order valence-electron chi connectivity index (χ2n) is 4.66. The Bertz CT molecular complexity index is 584. The monoisotopic (exact) mass is 303 g/mol. The molecule has 0 bridgehead atoms. The van der Waals surface area contributed by atoms with Gasteiger partial charge in [0.15, 0.2) is 0 Å². The molecule has 0 spiro atoms. The summed E-state index contributed by atoms with van der Waals surface area (Å²) in [6, 6.07) is 14.5. The van der Waals surface area contributed by atoms with Crippen LogP contribution in [-0.2, 0) is 0 Å². The minimum Gasteiger partial charge on any atom is -0.497 e. The van der Waals surface area contributed by atoms with Gasteiger partial charge in [-0.15, -0.1) is 0 Å². The minimum absolute atomic E-state index is 0.224. The second kappa shape index (κ2) is 7.38. The summed E-state index contributed by atoms with van der Waals surface area (Å²) in [6.07, 6.45) is 0. The number of rotatable bonds is 6. The van der Waals surface area contributed by atoms with Gasteiger partial charge in [-0.1, -0.05) is 17.8 Å². The van der Waals surface area contributed by atoms with E-state index in [0.717, 1.165) is 11.5 Å². The number of hydrogen-bond donors (Lipinski definition) is 1. The van der Waals surface area contributed by atoms with Crippen molar-refractivity contribution in [2.45, 2.75) is 22.8 Å². The SMILES string of the molecule is CNC(C)c1c(OC)cccc1Sc1ccc(OC)cc1. The van der Waals surface area contributed by atoms with Gasteiger partial charge in [0, 0.05) is 21.4 Å². The Hall–Kier alpha value is -1.65. The lowest BCUT2D eigenvalue weighted by atomic mass is 10.1. The molecule has 0 heterocycles. The lowest BCUT2D eigenvalue weighted by Gasteiger charge is -2.19. The van der Waals surface area contributed by atoms with E-state index in [4.69, 9.17) is 9.47 Å². The Labute approximate surface area is 130 Å². The third kappa shape index (κ3) is 3.71. The van der Waals surface area contributed by atoms with Crippen LogP contribution in [0, 0.1) is 0 Å². The van der Waals surface area contributed by atoms with Crippen LogP contribution in [0.5, 0.6) is 11.5 Å². The molecule has 3 nitrogen and oxygen atoms in total. The van der Waals surface area contributed by atoms with Crippen molar-refractivity contribution in [3.8, 4) is 11.5 Å². The van der Waals surface area contributed by atoms with Crippen molar-refractivity contribution in [3.63, 3.8) is 0 Å². The molecule has 0 amide bonds. The van der Waals surface area contributed by atoms with E-state index in [1.54, 1.807) is 26.0 Å². The fourth-order valence-electron chi connectivity index (χ4n) is 2.13. The molecule has 0 saturated carbocycles. The Kier molecular flexibility index (Phi) is 5.53. The van der Waals surface area contributed by atoms with Gasteiger partial charge in [-0.25, -0.2) is 0 Å². The van der Waals surface area contributed by atoms with E-state index in [2.05, 4.69) is 30.4 Å². The number of nitrogens with one attached hydrogen (secondary N) is 1. The van der Waals surface area contributed by atoms with Gasteiger partial charge in [0.25, 0.3) is 0 Å². The summed E-state index contributed by atoms with van der Waals surface area (Å²) in [5, 5.41) is 3.29. The van der Waals surface area contributed by atoms with Crippen molar-refractivity contribution >= 4 is 11.8 Å².